The van der Waals surface area contributed by atoms with E-state index in [0.717, 1.165) is 5.75 Å². The summed E-state index contributed by atoms with van der Waals surface area (Å²) in [5.41, 5.74) is 0. The maximum atomic E-state index is 5.86. The predicted molar refractivity (Wildman–Crippen MR) is 80.5 cm³/mol. The van der Waals surface area contributed by atoms with Gasteiger partial charge in [-0.25, -0.2) is 0 Å². The van der Waals surface area contributed by atoms with Crippen molar-refractivity contribution in [2.75, 3.05) is 25.4 Å². The van der Waals surface area contributed by atoms with Crippen LogP contribution in [0.3, 0.4) is 0 Å². The topological polar surface area (TPSA) is 12.5 Å². The number of nitrogens with zero attached hydrogens (tertiary/aromatic N) is 1. The molecule has 2 unspecified atom stereocenters. The predicted octanol–water partition coefficient (Wildman–Crippen LogP) is 3.51. The summed E-state index contributed by atoms with van der Waals surface area (Å²) in [7, 11) is 0. The Morgan fingerprint density at radius 1 is 0.833 bits per heavy atom. The molecule has 0 saturated carbocycles. The average molecular weight is 271 g/mol. The minimum absolute atomic E-state index is 0.560. The van der Waals surface area contributed by atoms with E-state index >= 15 is 0 Å². The number of thiol groups is 1. The third-order valence-electron chi connectivity index (χ3n) is 4.25. The van der Waals surface area contributed by atoms with E-state index in [1.807, 2.05) is 0 Å². The summed E-state index contributed by atoms with van der Waals surface area (Å²) >= 11 is 4.24. The zero-order valence-electron chi connectivity index (χ0n) is 11.6. The Hall–Kier alpha value is 0.270. The van der Waals surface area contributed by atoms with Crippen LogP contribution in [0.1, 0.15) is 57.8 Å². The first-order valence-electron chi connectivity index (χ1n) is 7.87. The molecule has 18 heavy (non-hydrogen) atoms. The maximum Gasteiger partial charge on any atom is 0.0707 e. The van der Waals surface area contributed by atoms with Crippen molar-refractivity contribution in [2.24, 2.45) is 0 Å². The minimum Gasteiger partial charge on any atom is -0.372 e. The van der Waals surface area contributed by atoms with Crippen molar-refractivity contribution in [1.82, 2.24) is 4.90 Å². The van der Waals surface area contributed by atoms with Gasteiger partial charge < -0.3 is 4.74 Å². The van der Waals surface area contributed by atoms with E-state index in [2.05, 4.69) is 17.5 Å². The number of hydrogen-bond acceptors (Lipinski definition) is 3. The fraction of sp³-hybridized carbons (Fsp3) is 1.00. The molecule has 2 aliphatic heterocycles. The van der Waals surface area contributed by atoms with Crippen molar-refractivity contribution in [3.05, 3.63) is 0 Å². The van der Waals surface area contributed by atoms with Gasteiger partial charge in [0.1, 0.15) is 0 Å². The van der Waals surface area contributed by atoms with E-state index < -0.39 is 0 Å². The van der Waals surface area contributed by atoms with Crippen LogP contribution in [0.15, 0.2) is 0 Å². The highest BCUT2D eigenvalue weighted by molar-refractivity contribution is 7.80. The van der Waals surface area contributed by atoms with Crippen molar-refractivity contribution in [3.8, 4) is 0 Å². The molecular formula is C15H29NOS. The average Bonchev–Trinajstić information content (AvgIpc) is 2.72. The second-order valence-corrected chi connectivity index (χ2v) is 6.36. The van der Waals surface area contributed by atoms with Gasteiger partial charge in [0, 0.05) is 13.1 Å². The first-order valence-corrected chi connectivity index (χ1v) is 8.50. The minimum atomic E-state index is 0.560. The highest BCUT2D eigenvalue weighted by Gasteiger charge is 2.32. The van der Waals surface area contributed by atoms with Gasteiger partial charge in [-0.15, -0.1) is 0 Å². The van der Waals surface area contributed by atoms with Crippen LogP contribution in [0.2, 0.25) is 0 Å². The SMILES string of the molecule is SCCCCCCCCCN1CC2CCC(C1)O2. The lowest BCUT2D eigenvalue weighted by molar-refractivity contribution is -0.0385. The van der Waals surface area contributed by atoms with Crippen LogP contribution in [0.4, 0.5) is 0 Å². The lowest BCUT2D eigenvalue weighted by atomic mass is 10.1. The molecule has 2 atom stereocenters. The highest BCUT2D eigenvalue weighted by atomic mass is 32.1. The molecular weight excluding hydrogens is 242 g/mol. The van der Waals surface area contributed by atoms with Crippen LogP contribution in [-0.2, 0) is 4.74 Å². The summed E-state index contributed by atoms with van der Waals surface area (Å²) in [6.45, 7) is 3.68. The molecule has 0 radical (unpaired) electrons. The molecule has 0 aromatic rings. The Morgan fingerprint density at radius 2 is 1.39 bits per heavy atom. The fourth-order valence-corrected chi connectivity index (χ4v) is 3.44. The number of fused-ring (bicyclic) bond motifs is 2. The molecule has 0 spiro atoms. The number of rotatable bonds is 9. The molecule has 0 amide bonds. The molecule has 2 nitrogen and oxygen atoms in total. The lowest BCUT2D eigenvalue weighted by Crippen LogP contribution is -2.42. The van der Waals surface area contributed by atoms with Gasteiger partial charge in [0.15, 0.2) is 0 Å². The third-order valence-corrected chi connectivity index (χ3v) is 4.57. The zero-order valence-corrected chi connectivity index (χ0v) is 12.5. The van der Waals surface area contributed by atoms with Crippen molar-refractivity contribution < 1.29 is 4.74 Å². The van der Waals surface area contributed by atoms with Gasteiger partial charge >= 0.3 is 0 Å². The van der Waals surface area contributed by atoms with Crippen molar-refractivity contribution >= 4 is 12.6 Å². The molecule has 2 rings (SSSR count). The van der Waals surface area contributed by atoms with Crippen LogP contribution < -0.4 is 0 Å². The number of likely N-dealkylation sites (tertiary alicyclic amines) is 1. The Morgan fingerprint density at radius 3 is 2.00 bits per heavy atom. The number of unbranched alkanes of at least 4 members (excludes halogenated alkanes) is 6. The summed E-state index contributed by atoms with van der Waals surface area (Å²) in [4.78, 5) is 2.63. The molecule has 2 aliphatic rings. The summed E-state index contributed by atoms with van der Waals surface area (Å²) in [6.07, 6.45) is 13.4. The van der Waals surface area contributed by atoms with Gasteiger partial charge in [0.25, 0.3) is 0 Å². The van der Waals surface area contributed by atoms with Crippen molar-refractivity contribution in [3.63, 3.8) is 0 Å². The molecule has 0 aliphatic carbocycles. The van der Waals surface area contributed by atoms with E-state index in [1.54, 1.807) is 0 Å². The standard InChI is InChI=1S/C15H29NOS/c18-11-7-5-3-1-2-4-6-10-16-12-14-8-9-15(13-16)17-14/h14-15,18H,1-13H2. The third kappa shape index (κ3) is 5.10. The normalized spacial score (nSPS) is 27.8. The first kappa shape index (κ1) is 14.7. The quantitative estimate of drug-likeness (QED) is 0.509. The summed E-state index contributed by atoms with van der Waals surface area (Å²) in [5.74, 6) is 1.05. The number of morpholine rings is 1. The van der Waals surface area contributed by atoms with Crippen LogP contribution >= 0.6 is 12.6 Å². The summed E-state index contributed by atoms with van der Waals surface area (Å²) < 4.78 is 5.86. The molecule has 2 bridgehead atoms. The summed E-state index contributed by atoms with van der Waals surface area (Å²) in [6, 6.07) is 0. The number of hydrogen-bond donors (Lipinski definition) is 1. The largest absolute Gasteiger partial charge is 0.372 e. The maximum absolute atomic E-state index is 5.86. The molecule has 3 heteroatoms. The van der Waals surface area contributed by atoms with E-state index in [-0.39, 0.29) is 0 Å². The second kappa shape index (κ2) is 8.44. The molecule has 106 valence electrons. The van der Waals surface area contributed by atoms with Gasteiger partial charge in [-0.1, -0.05) is 32.1 Å². The molecule has 0 N–H and O–H groups in total. The molecule has 0 aromatic carbocycles. The van der Waals surface area contributed by atoms with Gasteiger partial charge in [-0.05, 0) is 38.0 Å². The van der Waals surface area contributed by atoms with Gasteiger partial charge in [-0.3, -0.25) is 4.90 Å². The van der Waals surface area contributed by atoms with Crippen LogP contribution in [-0.4, -0.2) is 42.5 Å². The Bertz CT molecular complexity index is 213. The molecule has 2 heterocycles. The van der Waals surface area contributed by atoms with E-state index in [0.29, 0.717) is 12.2 Å². The summed E-state index contributed by atoms with van der Waals surface area (Å²) in [5, 5.41) is 0. The van der Waals surface area contributed by atoms with Gasteiger partial charge in [-0.2, -0.15) is 12.6 Å². The monoisotopic (exact) mass is 271 g/mol. The fourth-order valence-electron chi connectivity index (χ4n) is 3.21. The zero-order chi connectivity index (χ0) is 12.6. The van der Waals surface area contributed by atoms with E-state index in [9.17, 15) is 0 Å². The lowest BCUT2D eigenvalue weighted by Gasteiger charge is -2.32. The van der Waals surface area contributed by atoms with Gasteiger partial charge in [0.05, 0.1) is 12.2 Å². The van der Waals surface area contributed by atoms with Crippen LogP contribution in [0.5, 0.6) is 0 Å². The second-order valence-electron chi connectivity index (χ2n) is 5.92. The van der Waals surface area contributed by atoms with Crippen LogP contribution in [0.25, 0.3) is 0 Å². The Balaban J connectivity index is 1.41. The van der Waals surface area contributed by atoms with Crippen LogP contribution in [0, 0.1) is 0 Å². The van der Waals surface area contributed by atoms with Crippen molar-refractivity contribution in [2.45, 2.75) is 70.0 Å². The highest BCUT2D eigenvalue weighted by Crippen LogP contribution is 2.26. The Labute approximate surface area is 118 Å². The molecule has 2 fully saturated rings. The van der Waals surface area contributed by atoms with E-state index in [4.69, 9.17) is 4.74 Å². The van der Waals surface area contributed by atoms with Crippen molar-refractivity contribution in [1.29, 1.82) is 0 Å². The van der Waals surface area contributed by atoms with E-state index in [1.165, 1.54) is 77.4 Å². The number of ether oxygens (including phenoxy) is 1. The van der Waals surface area contributed by atoms with Gasteiger partial charge in [0.2, 0.25) is 0 Å². The smallest absolute Gasteiger partial charge is 0.0707 e. The molecule has 0 aromatic heterocycles. The molecule has 2 saturated heterocycles. The first-order chi connectivity index (χ1) is 8.88. The Kier molecular flexibility index (Phi) is 6.88.